The van der Waals surface area contributed by atoms with Crippen LogP contribution in [0.15, 0.2) is 11.1 Å². The Balaban J connectivity index is 2.83. The number of aryl methyl sites for hydroxylation is 1. The quantitative estimate of drug-likeness (QED) is 0.714. The van der Waals surface area contributed by atoms with Crippen molar-refractivity contribution in [3.8, 4) is 0 Å². The molecule has 1 rings (SSSR count). The van der Waals surface area contributed by atoms with Crippen LogP contribution in [0.25, 0.3) is 0 Å². The fourth-order valence-electron chi connectivity index (χ4n) is 1.43. The third-order valence-electron chi connectivity index (χ3n) is 2.32. The Labute approximate surface area is 102 Å². The molecule has 1 aromatic rings. The Kier molecular flexibility index (Phi) is 4.95. The summed E-state index contributed by atoms with van der Waals surface area (Å²) in [6.45, 7) is 5.08. The predicted octanol–water partition coefficient (Wildman–Crippen LogP) is 0.954. The van der Waals surface area contributed by atoms with E-state index >= 15 is 0 Å². The Morgan fingerprint density at radius 1 is 1.41 bits per heavy atom. The first kappa shape index (κ1) is 14.0. The minimum Gasteiger partial charge on any atom is -0.381 e. The van der Waals surface area contributed by atoms with Crippen molar-refractivity contribution in [1.82, 2.24) is 14.5 Å². The van der Waals surface area contributed by atoms with Crippen LogP contribution >= 0.6 is 0 Å². The van der Waals surface area contributed by atoms with Crippen LogP contribution in [0.4, 0.5) is 5.82 Å². The van der Waals surface area contributed by atoms with Crippen molar-refractivity contribution in [2.45, 2.75) is 44.6 Å². The number of nitrogens with one attached hydrogen (secondary N) is 1. The van der Waals surface area contributed by atoms with Crippen LogP contribution in [0.3, 0.4) is 0 Å². The fourth-order valence-corrected chi connectivity index (χ4v) is 2.57. The van der Waals surface area contributed by atoms with Gasteiger partial charge in [0.2, 0.25) is 10.0 Å². The van der Waals surface area contributed by atoms with Crippen molar-refractivity contribution in [3.63, 3.8) is 0 Å². The monoisotopic (exact) mass is 260 g/mol. The topological polar surface area (TPSA) is 90.0 Å². The summed E-state index contributed by atoms with van der Waals surface area (Å²) in [5.74, 6) is 0.0578. The van der Waals surface area contributed by atoms with Crippen LogP contribution < -0.4 is 10.5 Å². The minimum atomic E-state index is -3.52. The van der Waals surface area contributed by atoms with E-state index in [2.05, 4.69) is 9.82 Å². The van der Waals surface area contributed by atoms with Gasteiger partial charge in [0.05, 0.1) is 0 Å². The zero-order chi connectivity index (χ0) is 12.9. The van der Waals surface area contributed by atoms with Gasteiger partial charge in [-0.25, -0.2) is 13.1 Å². The van der Waals surface area contributed by atoms with Gasteiger partial charge in [-0.3, -0.25) is 4.68 Å². The molecule has 1 aromatic heterocycles. The summed E-state index contributed by atoms with van der Waals surface area (Å²) in [6.07, 6.45) is 4.10. The number of hydrogen-bond donors (Lipinski definition) is 2. The first-order valence-corrected chi connectivity index (χ1v) is 7.32. The molecule has 3 N–H and O–H groups in total. The van der Waals surface area contributed by atoms with Crippen molar-refractivity contribution in [3.05, 3.63) is 6.20 Å². The van der Waals surface area contributed by atoms with E-state index in [1.807, 2.05) is 13.8 Å². The van der Waals surface area contributed by atoms with Gasteiger partial charge >= 0.3 is 0 Å². The number of rotatable bonds is 7. The Morgan fingerprint density at radius 3 is 2.71 bits per heavy atom. The van der Waals surface area contributed by atoms with Gasteiger partial charge in [0.1, 0.15) is 4.90 Å². The van der Waals surface area contributed by atoms with Crippen molar-refractivity contribution in [2.24, 2.45) is 0 Å². The highest BCUT2D eigenvalue weighted by molar-refractivity contribution is 7.89. The van der Waals surface area contributed by atoms with Crippen LogP contribution in [0.5, 0.6) is 0 Å². The van der Waals surface area contributed by atoms with Crippen molar-refractivity contribution in [1.29, 1.82) is 0 Å². The van der Waals surface area contributed by atoms with E-state index in [0.717, 1.165) is 19.3 Å². The molecule has 0 saturated carbocycles. The largest absolute Gasteiger partial charge is 0.381 e. The molecular weight excluding hydrogens is 240 g/mol. The van der Waals surface area contributed by atoms with Gasteiger partial charge in [-0.2, -0.15) is 5.10 Å². The predicted molar refractivity (Wildman–Crippen MR) is 67.0 cm³/mol. The van der Waals surface area contributed by atoms with Crippen LogP contribution in [0, 0.1) is 0 Å². The molecule has 0 aromatic carbocycles. The van der Waals surface area contributed by atoms with Gasteiger partial charge in [-0.1, -0.05) is 20.3 Å². The van der Waals surface area contributed by atoms with Crippen molar-refractivity contribution < 1.29 is 8.42 Å². The van der Waals surface area contributed by atoms with E-state index in [4.69, 9.17) is 5.73 Å². The molecule has 98 valence electrons. The van der Waals surface area contributed by atoms with Gasteiger partial charge in [-0.05, 0) is 12.8 Å². The van der Waals surface area contributed by atoms with E-state index in [1.165, 1.54) is 6.20 Å². The average molecular weight is 260 g/mol. The summed E-state index contributed by atoms with van der Waals surface area (Å²) in [4.78, 5) is 0.0713. The second-order valence-electron chi connectivity index (χ2n) is 3.89. The van der Waals surface area contributed by atoms with Crippen LogP contribution in [0.1, 0.15) is 33.1 Å². The third-order valence-corrected chi connectivity index (χ3v) is 3.80. The maximum absolute atomic E-state index is 11.9. The molecule has 0 bridgehead atoms. The molecule has 0 spiro atoms. The molecule has 0 atom stereocenters. The lowest BCUT2D eigenvalue weighted by atomic mass is 10.3. The average Bonchev–Trinajstić information content (AvgIpc) is 2.61. The number of sulfonamides is 1. The lowest BCUT2D eigenvalue weighted by Gasteiger charge is -2.03. The molecule has 0 aliphatic heterocycles. The van der Waals surface area contributed by atoms with Gasteiger partial charge < -0.3 is 5.73 Å². The summed E-state index contributed by atoms with van der Waals surface area (Å²) >= 11 is 0. The Hall–Kier alpha value is -1.08. The van der Waals surface area contributed by atoms with E-state index in [-0.39, 0.29) is 10.7 Å². The van der Waals surface area contributed by atoms with Crippen LogP contribution in [-0.4, -0.2) is 24.7 Å². The number of hydrogen-bond acceptors (Lipinski definition) is 4. The first-order valence-electron chi connectivity index (χ1n) is 5.83. The van der Waals surface area contributed by atoms with Crippen LogP contribution in [0.2, 0.25) is 0 Å². The summed E-state index contributed by atoms with van der Waals surface area (Å²) in [5.41, 5.74) is 5.61. The highest BCUT2D eigenvalue weighted by Crippen LogP contribution is 2.16. The Morgan fingerprint density at radius 2 is 2.12 bits per heavy atom. The zero-order valence-electron chi connectivity index (χ0n) is 10.3. The molecule has 0 amide bonds. The molecule has 7 heteroatoms. The second-order valence-corrected chi connectivity index (χ2v) is 5.63. The molecule has 0 radical (unpaired) electrons. The summed E-state index contributed by atoms with van der Waals surface area (Å²) in [5, 5.41) is 3.97. The number of nitrogens with two attached hydrogens (primary N) is 1. The van der Waals surface area contributed by atoms with E-state index in [1.54, 1.807) is 4.68 Å². The molecular formula is C10H20N4O2S. The molecule has 0 aliphatic rings. The standard InChI is InChI=1S/C10H20N4O2S/c1-3-5-6-12-17(15,16)9-8-14(7-4-2)13-10(9)11/h8,12H,3-7H2,1-2H3,(H2,11,13). The van der Waals surface area contributed by atoms with Gasteiger partial charge in [0.15, 0.2) is 5.82 Å². The van der Waals surface area contributed by atoms with Crippen LogP contribution in [-0.2, 0) is 16.6 Å². The molecule has 17 heavy (non-hydrogen) atoms. The summed E-state index contributed by atoms with van der Waals surface area (Å²) in [7, 11) is -3.52. The molecule has 1 heterocycles. The van der Waals surface area contributed by atoms with E-state index < -0.39 is 10.0 Å². The van der Waals surface area contributed by atoms with Gasteiger partial charge in [-0.15, -0.1) is 0 Å². The number of aromatic nitrogens is 2. The maximum atomic E-state index is 11.9. The fraction of sp³-hybridized carbons (Fsp3) is 0.700. The zero-order valence-corrected chi connectivity index (χ0v) is 11.1. The van der Waals surface area contributed by atoms with Gasteiger partial charge in [0.25, 0.3) is 0 Å². The smallest absolute Gasteiger partial charge is 0.245 e. The number of nitrogen functional groups attached to an aromatic ring is 1. The molecule has 0 unspecified atom stereocenters. The summed E-state index contributed by atoms with van der Waals surface area (Å²) < 4.78 is 27.9. The molecule has 0 fully saturated rings. The van der Waals surface area contributed by atoms with Crippen molar-refractivity contribution in [2.75, 3.05) is 12.3 Å². The normalized spacial score (nSPS) is 11.9. The number of unbranched alkanes of at least 4 members (excludes halogenated alkanes) is 1. The molecule has 6 nitrogen and oxygen atoms in total. The molecule has 0 saturated heterocycles. The minimum absolute atomic E-state index is 0.0578. The lowest BCUT2D eigenvalue weighted by Crippen LogP contribution is -2.25. The Bertz CT molecular complexity index is 453. The SMILES string of the molecule is CCCCNS(=O)(=O)c1cn(CCC)nc1N. The highest BCUT2D eigenvalue weighted by atomic mass is 32.2. The summed E-state index contributed by atoms with van der Waals surface area (Å²) in [6, 6.07) is 0. The van der Waals surface area contributed by atoms with Gasteiger partial charge in [0, 0.05) is 19.3 Å². The van der Waals surface area contributed by atoms with Crippen molar-refractivity contribution >= 4 is 15.8 Å². The maximum Gasteiger partial charge on any atom is 0.245 e. The number of anilines is 1. The lowest BCUT2D eigenvalue weighted by molar-refractivity contribution is 0.576. The van der Waals surface area contributed by atoms with E-state index in [9.17, 15) is 8.42 Å². The van der Waals surface area contributed by atoms with E-state index in [0.29, 0.717) is 13.1 Å². The highest BCUT2D eigenvalue weighted by Gasteiger charge is 2.20. The number of nitrogens with zero attached hydrogens (tertiary/aromatic N) is 2. The first-order chi connectivity index (χ1) is 8.01. The third kappa shape index (κ3) is 3.71. The molecule has 0 aliphatic carbocycles. The second kappa shape index (κ2) is 6.02.